The van der Waals surface area contributed by atoms with E-state index in [4.69, 9.17) is 14.2 Å². The predicted octanol–water partition coefficient (Wildman–Crippen LogP) is 15.4. The number of unbranched alkanes of at least 4 members (excludes halogenated alkanes) is 26. The van der Waals surface area contributed by atoms with E-state index in [0.717, 1.165) is 77.8 Å². The van der Waals surface area contributed by atoms with Crippen LogP contribution in [-0.2, 0) is 28.6 Å². The minimum absolute atomic E-state index is 0.0951. The zero-order valence-corrected chi connectivity index (χ0v) is 44.4. The number of rotatable bonds is 49. The van der Waals surface area contributed by atoms with E-state index in [9.17, 15) is 14.4 Å². The van der Waals surface area contributed by atoms with Crippen LogP contribution >= 0.6 is 11.8 Å². The summed E-state index contributed by atoms with van der Waals surface area (Å²) in [4.78, 5) is 42.7. The molecule has 0 spiro atoms. The number of thioether (sulfide) groups is 1. The minimum atomic E-state index is -0.538. The Bertz CT molecular complexity index is 1040. The van der Waals surface area contributed by atoms with Crippen LogP contribution in [0.25, 0.3) is 0 Å². The molecule has 65 heavy (non-hydrogen) atoms. The molecular weight excluding hydrogens is 829 g/mol. The molecule has 2 unspecified atom stereocenters. The molecule has 1 saturated heterocycles. The van der Waals surface area contributed by atoms with E-state index in [1.54, 1.807) is 11.8 Å². The lowest BCUT2D eigenvalue weighted by Crippen LogP contribution is -2.38. The topological polar surface area (TPSA) is 94.2 Å². The maximum atomic E-state index is 13.9. The molecule has 1 fully saturated rings. The molecule has 0 saturated carbocycles. The summed E-state index contributed by atoms with van der Waals surface area (Å²) in [6, 6.07) is 0. The third-order valence-electron chi connectivity index (χ3n) is 13.6. The first-order chi connectivity index (χ1) is 31.9. The van der Waals surface area contributed by atoms with Crippen molar-refractivity contribution in [2.45, 2.75) is 271 Å². The van der Waals surface area contributed by atoms with E-state index < -0.39 is 5.92 Å². The maximum absolute atomic E-state index is 13.9. The summed E-state index contributed by atoms with van der Waals surface area (Å²) in [6.07, 6.45) is 43.7. The molecule has 0 aromatic rings. The Morgan fingerprint density at radius 3 is 1.46 bits per heavy atom. The van der Waals surface area contributed by atoms with Crippen molar-refractivity contribution in [1.29, 1.82) is 0 Å². The van der Waals surface area contributed by atoms with Crippen LogP contribution in [-0.4, -0.2) is 86.4 Å². The lowest BCUT2D eigenvalue weighted by Gasteiger charge is -2.26. The lowest BCUT2D eigenvalue weighted by molar-refractivity contribution is -0.155. The van der Waals surface area contributed by atoms with Crippen LogP contribution < -0.4 is 5.32 Å². The number of amides is 1. The second kappa shape index (κ2) is 47.7. The molecule has 8 nitrogen and oxygen atoms in total. The number of ether oxygens (including phenoxy) is 3. The quantitative estimate of drug-likeness (QED) is 0.0476. The second-order valence-corrected chi connectivity index (χ2v) is 21.0. The first-order valence-corrected chi connectivity index (χ1v) is 29.6. The van der Waals surface area contributed by atoms with E-state index in [0.29, 0.717) is 37.0 Å². The van der Waals surface area contributed by atoms with Crippen molar-refractivity contribution in [3.63, 3.8) is 0 Å². The normalized spacial score (nSPS) is 14.2. The van der Waals surface area contributed by atoms with Crippen LogP contribution in [0.3, 0.4) is 0 Å². The molecule has 0 aromatic heterocycles. The maximum Gasteiger partial charge on any atom is 0.310 e. The molecule has 384 valence electrons. The number of esters is 2. The molecule has 9 heteroatoms. The first-order valence-electron chi connectivity index (χ1n) is 28.4. The Kier molecular flexibility index (Phi) is 45.3. The molecule has 0 bridgehead atoms. The molecule has 2 atom stereocenters. The summed E-state index contributed by atoms with van der Waals surface area (Å²) < 4.78 is 17.8. The highest BCUT2D eigenvalue weighted by Gasteiger charge is 2.27. The Morgan fingerprint density at radius 2 is 1.00 bits per heavy atom. The number of hydrogen-bond donors (Lipinski definition) is 1. The fourth-order valence-electron chi connectivity index (χ4n) is 9.15. The number of morpholine rings is 1. The highest BCUT2D eigenvalue weighted by Crippen LogP contribution is 2.24. The van der Waals surface area contributed by atoms with Gasteiger partial charge in [-0.15, -0.1) is 0 Å². The van der Waals surface area contributed by atoms with Gasteiger partial charge in [0.25, 0.3) is 0 Å². The van der Waals surface area contributed by atoms with Gasteiger partial charge in [0.15, 0.2) is 0 Å². The van der Waals surface area contributed by atoms with Crippen molar-refractivity contribution in [2.75, 3.05) is 57.5 Å². The third kappa shape index (κ3) is 40.3. The first kappa shape index (κ1) is 61.7. The molecule has 1 N–H and O–H groups in total. The van der Waals surface area contributed by atoms with Gasteiger partial charge in [-0.1, -0.05) is 207 Å². The van der Waals surface area contributed by atoms with Gasteiger partial charge < -0.3 is 19.5 Å². The molecule has 0 aliphatic carbocycles. The zero-order valence-electron chi connectivity index (χ0n) is 43.6. The monoisotopic (exact) mass is 937 g/mol. The lowest BCUT2D eigenvalue weighted by atomic mass is 9.94. The van der Waals surface area contributed by atoms with Gasteiger partial charge in [0.05, 0.1) is 32.2 Å². The Labute approximate surface area is 407 Å². The summed E-state index contributed by atoms with van der Waals surface area (Å²) >= 11 is 1.58. The SMILES string of the molecule is CCCCCCCCCCCCC(CCCCCCCCCC)COC(=O)CCSCC(CC(=O)NCCCN1CCOCC1)C(=O)OC(CCCCCCCC)CCCCCCCC. The summed E-state index contributed by atoms with van der Waals surface area (Å²) in [5.41, 5.74) is 0. The highest BCUT2D eigenvalue weighted by molar-refractivity contribution is 7.99. The van der Waals surface area contributed by atoms with Crippen molar-refractivity contribution >= 4 is 29.6 Å². The molecule has 1 amide bonds. The van der Waals surface area contributed by atoms with Crippen molar-refractivity contribution in [1.82, 2.24) is 10.2 Å². The number of carbonyl (C=O) groups is 3. The van der Waals surface area contributed by atoms with Crippen molar-refractivity contribution in [3.05, 3.63) is 0 Å². The van der Waals surface area contributed by atoms with Gasteiger partial charge in [-0.25, -0.2) is 0 Å². The summed E-state index contributed by atoms with van der Waals surface area (Å²) in [5.74, 6) is 0.453. The third-order valence-corrected chi connectivity index (χ3v) is 14.7. The van der Waals surface area contributed by atoms with Crippen LogP contribution in [0.1, 0.15) is 265 Å². The van der Waals surface area contributed by atoms with Gasteiger partial charge in [-0.3, -0.25) is 19.3 Å². The van der Waals surface area contributed by atoms with Gasteiger partial charge in [-0.05, 0) is 57.4 Å². The Morgan fingerprint density at radius 1 is 0.569 bits per heavy atom. The largest absolute Gasteiger partial charge is 0.465 e. The molecule has 0 aromatic carbocycles. The standard InChI is InChI=1S/C56H108N2O6S/c1-5-9-13-17-21-23-24-26-28-32-37-51(36-31-27-25-22-18-14-10-6-2)49-63-55(60)40-47-65-50-52(48-54(59)57-41-35-42-58-43-45-62-46-44-58)56(61)64-53(38-33-29-19-15-11-7-3)39-34-30-20-16-12-8-4/h51-53H,5-50H2,1-4H3,(H,57,59). The van der Waals surface area contributed by atoms with Gasteiger partial charge in [0, 0.05) is 37.6 Å². The Hall–Kier alpha value is -1.32. The van der Waals surface area contributed by atoms with Crippen LogP contribution in [0.4, 0.5) is 0 Å². The van der Waals surface area contributed by atoms with Crippen molar-refractivity contribution in [3.8, 4) is 0 Å². The molecular formula is C56H108N2O6S. The molecule has 1 rings (SSSR count). The van der Waals surface area contributed by atoms with Gasteiger partial charge >= 0.3 is 11.9 Å². The van der Waals surface area contributed by atoms with Crippen LogP contribution in [0.2, 0.25) is 0 Å². The highest BCUT2D eigenvalue weighted by atomic mass is 32.2. The molecule has 1 aliphatic heterocycles. The zero-order chi connectivity index (χ0) is 47.1. The number of nitrogens with one attached hydrogen (secondary N) is 1. The van der Waals surface area contributed by atoms with Crippen molar-refractivity contribution in [2.24, 2.45) is 11.8 Å². The van der Waals surface area contributed by atoms with Gasteiger partial charge in [0.1, 0.15) is 6.10 Å². The van der Waals surface area contributed by atoms with E-state index in [-0.39, 0.29) is 30.4 Å². The van der Waals surface area contributed by atoms with Crippen LogP contribution in [0.5, 0.6) is 0 Å². The average molecular weight is 938 g/mol. The number of nitrogens with zero attached hydrogens (tertiary/aromatic N) is 1. The van der Waals surface area contributed by atoms with Gasteiger partial charge in [0.2, 0.25) is 5.91 Å². The average Bonchev–Trinajstić information content (AvgIpc) is 3.31. The summed E-state index contributed by atoms with van der Waals surface area (Å²) in [7, 11) is 0. The fourth-order valence-corrected chi connectivity index (χ4v) is 10.2. The minimum Gasteiger partial charge on any atom is -0.465 e. The summed E-state index contributed by atoms with van der Waals surface area (Å²) in [6.45, 7) is 14.5. The molecule has 1 heterocycles. The Balaban J connectivity index is 2.74. The summed E-state index contributed by atoms with van der Waals surface area (Å²) in [5, 5.41) is 3.09. The van der Waals surface area contributed by atoms with E-state index in [1.807, 2.05) is 0 Å². The van der Waals surface area contributed by atoms with E-state index in [2.05, 4.69) is 37.9 Å². The fraction of sp³-hybridized carbons (Fsp3) is 0.946. The van der Waals surface area contributed by atoms with Crippen LogP contribution in [0.15, 0.2) is 0 Å². The van der Waals surface area contributed by atoms with Gasteiger partial charge in [-0.2, -0.15) is 11.8 Å². The number of hydrogen-bond acceptors (Lipinski definition) is 8. The smallest absolute Gasteiger partial charge is 0.310 e. The molecule has 0 radical (unpaired) electrons. The van der Waals surface area contributed by atoms with Crippen molar-refractivity contribution < 1.29 is 28.6 Å². The molecule has 1 aliphatic rings. The van der Waals surface area contributed by atoms with Crippen LogP contribution in [0, 0.1) is 11.8 Å². The second-order valence-electron chi connectivity index (χ2n) is 19.8. The predicted molar refractivity (Wildman–Crippen MR) is 279 cm³/mol. The van der Waals surface area contributed by atoms with E-state index >= 15 is 0 Å². The van der Waals surface area contributed by atoms with E-state index in [1.165, 1.54) is 180 Å². The number of carbonyl (C=O) groups excluding carboxylic acids is 3.